The van der Waals surface area contributed by atoms with Crippen LogP contribution in [0.1, 0.15) is 66.9 Å². The van der Waals surface area contributed by atoms with Gasteiger partial charge in [-0.25, -0.2) is 0 Å². The van der Waals surface area contributed by atoms with Crippen LogP contribution in [-0.4, -0.2) is 53.3 Å². The maximum atomic E-state index is 12.5. The zero-order chi connectivity index (χ0) is 18.0. The number of likely N-dealkylation sites (N-methyl/N-ethyl adjacent to an activating group) is 2. The van der Waals surface area contributed by atoms with E-state index in [0.717, 1.165) is 44.2 Å². The minimum atomic E-state index is -0.408. The number of rotatable bonds is 5. The lowest BCUT2D eigenvalue weighted by Gasteiger charge is -2.32. The van der Waals surface area contributed by atoms with Crippen LogP contribution in [0, 0.1) is 0 Å². The Kier molecular flexibility index (Phi) is 5.25. The predicted octanol–water partition coefficient (Wildman–Crippen LogP) is 2.12. The second-order valence-electron chi connectivity index (χ2n) is 7.39. The largest absolute Gasteiger partial charge is 0.341 e. The molecule has 2 fully saturated rings. The lowest BCUT2D eigenvalue weighted by molar-refractivity contribution is -0.133. The van der Waals surface area contributed by atoms with Crippen LogP contribution in [-0.2, 0) is 4.79 Å². The van der Waals surface area contributed by atoms with E-state index in [2.05, 4.69) is 4.98 Å². The lowest BCUT2D eigenvalue weighted by Crippen LogP contribution is -2.45. The summed E-state index contributed by atoms with van der Waals surface area (Å²) in [5.74, 6) is -0.0527. The van der Waals surface area contributed by atoms with E-state index >= 15 is 0 Å². The highest BCUT2D eigenvalue weighted by Crippen LogP contribution is 2.38. The maximum Gasteiger partial charge on any atom is 0.261 e. The third-order valence-corrected chi connectivity index (χ3v) is 5.41. The molecule has 0 aliphatic heterocycles. The summed E-state index contributed by atoms with van der Waals surface area (Å²) < 4.78 is 0. The van der Waals surface area contributed by atoms with E-state index < -0.39 is 5.91 Å². The molecule has 1 aromatic heterocycles. The van der Waals surface area contributed by atoms with Crippen molar-refractivity contribution in [1.82, 2.24) is 14.8 Å². The molecule has 0 radical (unpaired) electrons. The molecule has 2 amide bonds. The van der Waals surface area contributed by atoms with Gasteiger partial charge in [0, 0.05) is 25.8 Å². The summed E-state index contributed by atoms with van der Waals surface area (Å²) in [6.07, 6.45) is 7.77. The number of amides is 2. The smallest absolute Gasteiger partial charge is 0.261 e. The van der Waals surface area contributed by atoms with Crippen molar-refractivity contribution in [2.75, 3.05) is 20.6 Å². The molecule has 0 unspecified atom stereocenters. The van der Waals surface area contributed by atoms with Gasteiger partial charge in [-0.1, -0.05) is 19.3 Å². The Hall–Kier alpha value is -2.11. The van der Waals surface area contributed by atoms with Gasteiger partial charge in [0.2, 0.25) is 5.91 Å². The number of H-pyrrole nitrogens is 1. The van der Waals surface area contributed by atoms with Crippen molar-refractivity contribution in [1.29, 1.82) is 0 Å². The van der Waals surface area contributed by atoms with Gasteiger partial charge >= 0.3 is 0 Å². The number of hydrogen-bond acceptors (Lipinski definition) is 3. The van der Waals surface area contributed by atoms with Crippen LogP contribution in [0.15, 0.2) is 16.9 Å². The molecular weight excluding hydrogens is 318 g/mol. The molecule has 2 aliphatic carbocycles. The molecule has 6 nitrogen and oxygen atoms in total. The molecule has 1 heterocycles. The minimum Gasteiger partial charge on any atom is -0.341 e. The molecule has 3 rings (SSSR count). The van der Waals surface area contributed by atoms with Crippen molar-refractivity contribution in [2.45, 2.75) is 56.9 Å². The van der Waals surface area contributed by atoms with E-state index in [4.69, 9.17) is 0 Å². The first-order valence-corrected chi connectivity index (χ1v) is 9.21. The van der Waals surface area contributed by atoms with Crippen LogP contribution in [0.2, 0.25) is 0 Å². The molecule has 25 heavy (non-hydrogen) atoms. The highest BCUT2D eigenvalue weighted by Gasteiger charge is 2.27. The van der Waals surface area contributed by atoms with Crippen molar-refractivity contribution in [3.63, 3.8) is 0 Å². The molecule has 0 spiro atoms. The first kappa shape index (κ1) is 17.7. The average Bonchev–Trinajstić information content (AvgIpc) is 3.46. The monoisotopic (exact) mass is 345 g/mol. The van der Waals surface area contributed by atoms with E-state index in [1.165, 1.54) is 11.3 Å². The zero-order valence-electron chi connectivity index (χ0n) is 15.1. The summed E-state index contributed by atoms with van der Waals surface area (Å²) >= 11 is 0. The molecular formula is C19H27N3O3. The molecule has 0 bridgehead atoms. The lowest BCUT2D eigenvalue weighted by atomic mass is 9.94. The van der Waals surface area contributed by atoms with Crippen molar-refractivity contribution in [2.24, 2.45) is 0 Å². The van der Waals surface area contributed by atoms with Gasteiger partial charge in [-0.3, -0.25) is 14.4 Å². The fourth-order valence-corrected chi connectivity index (χ4v) is 3.55. The van der Waals surface area contributed by atoms with E-state index in [-0.39, 0.29) is 29.6 Å². The van der Waals surface area contributed by atoms with E-state index in [1.807, 2.05) is 13.1 Å². The minimum absolute atomic E-state index is 0.00432. The first-order chi connectivity index (χ1) is 12.0. The summed E-state index contributed by atoms with van der Waals surface area (Å²) in [4.78, 5) is 43.1. The molecule has 0 aromatic carbocycles. The van der Waals surface area contributed by atoms with Crippen LogP contribution in [0.3, 0.4) is 0 Å². The van der Waals surface area contributed by atoms with Gasteiger partial charge in [0.25, 0.3) is 11.5 Å². The Balaban J connectivity index is 1.61. The van der Waals surface area contributed by atoms with Gasteiger partial charge in [0.1, 0.15) is 5.56 Å². The van der Waals surface area contributed by atoms with E-state index in [9.17, 15) is 14.4 Å². The summed E-state index contributed by atoms with van der Waals surface area (Å²) in [6.45, 7) is -0.00432. The molecule has 2 aliphatic rings. The van der Waals surface area contributed by atoms with Gasteiger partial charge in [-0.05, 0) is 43.7 Å². The number of nitrogens with zero attached hydrogens (tertiary/aromatic N) is 2. The van der Waals surface area contributed by atoms with Crippen LogP contribution in [0.25, 0.3) is 0 Å². The Morgan fingerprint density at radius 2 is 1.76 bits per heavy atom. The Bertz CT molecular complexity index is 702. The number of carbonyl (C=O) groups is 2. The number of pyridine rings is 1. The van der Waals surface area contributed by atoms with Crippen LogP contribution >= 0.6 is 0 Å². The molecule has 1 aromatic rings. The maximum absolute atomic E-state index is 12.5. The molecule has 1 N–H and O–H groups in total. The van der Waals surface area contributed by atoms with Gasteiger partial charge in [0.05, 0.1) is 6.54 Å². The fourth-order valence-electron chi connectivity index (χ4n) is 3.55. The highest BCUT2D eigenvalue weighted by atomic mass is 16.2. The molecule has 136 valence electrons. The van der Waals surface area contributed by atoms with Crippen molar-refractivity contribution in [3.8, 4) is 0 Å². The Morgan fingerprint density at radius 1 is 1.08 bits per heavy atom. The summed E-state index contributed by atoms with van der Waals surface area (Å²) in [5, 5.41) is 0. The topological polar surface area (TPSA) is 73.5 Å². The second kappa shape index (κ2) is 7.42. The standard InChI is InChI=1S/C19H27N3O3/c1-21(12-17(23)22(2)14-6-4-3-5-7-14)19(25)15-10-11-16(13-8-9-13)20-18(15)24/h10-11,13-14H,3-9,12H2,1-2H3,(H,20,24). The zero-order valence-corrected chi connectivity index (χ0v) is 15.1. The Morgan fingerprint density at radius 3 is 2.36 bits per heavy atom. The number of nitrogens with one attached hydrogen (secondary N) is 1. The number of aromatic amines is 1. The van der Waals surface area contributed by atoms with Crippen LogP contribution in [0.5, 0.6) is 0 Å². The number of aromatic nitrogens is 1. The summed E-state index contributed by atoms with van der Waals surface area (Å²) in [5.41, 5.74) is 0.631. The van der Waals surface area contributed by atoms with Gasteiger partial charge in [-0.2, -0.15) is 0 Å². The van der Waals surface area contributed by atoms with Crippen molar-refractivity contribution >= 4 is 11.8 Å². The normalized spacial score (nSPS) is 18.0. The molecule has 0 atom stereocenters. The third kappa shape index (κ3) is 4.11. The number of carbonyl (C=O) groups excluding carboxylic acids is 2. The molecule has 6 heteroatoms. The van der Waals surface area contributed by atoms with Crippen LogP contribution in [0.4, 0.5) is 0 Å². The summed E-state index contributed by atoms with van der Waals surface area (Å²) in [7, 11) is 3.39. The van der Waals surface area contributed by atoms with Crippen molar-refractivity contribution < 1.29 is 9.59 Å². The second-order valence-corrected chi connectivity index (χ2v) is 7.39. The quantitative estimate of drug-likeness (QED) is 0.888. The van der Waals surface area contributed by atoms with Crippen molar-refractivity contribution in [3.05, 3.63) is 33.7 Å². The molecule has 2 saturated carbocycles. The SMILES string of the molecule is CN(CC(=O)N(C)C1CCCCC1)C(=O)c1ccc(C2CC2)[nH]c1=O. The molecule has 0 saturated heterocycles. The predicted molar refractivity (Wildman–Crippen MR) is 95.6 cm³/mol. The highest BCUT2D eigenvalue weighted by molar-refractivity contribution is 5.96. The summed E-state index contributed by atoms with van der Waals surface area (Å²) in [6, 6.07) is 3.67. The first-order valence-electron chi connectivity index (χ1n) is 9.21. The van der Waals surface area contributed by atoms with Gasteiger partial charge < -0.3 is 14.8 Å². The van der Waals surface area contributed by atoms with Crippen LogP contribution < -0.4 is 5.56 Å². The fraction of sp³-hybridized carbons (Fsp3) is 0.632. The van der Waals surface area contributed by atoms with E-state index in [1.54, 1.807) is 18.0 Å². The van der Waals surface area contributed by atoms with E-state index in [0.29, 0.717) is 5.92 Å². The Labute approximate surface area is 148 Å². The third-order valence-electron chi connectivity index (χ3n) is 5.41. The average molecular weight is 345 g/mol. The van der Waals surface area contributed by atoms with Gasteiger partial charge in [0.15, 0.2) is 0 Å². The van der Waals surface area contributed by atoms with Gasteiger partial charge in [-0.15, -0.1) is 0 Å². The number of hydrogen-bond donors (Lipinski definition) is 1.